The molecular formula is C10H23Cl2N3OS. The van der Waals surface area contributed by atoms with Gasteiger partial charge in [-0.3, -0.25) is 9.69 Å². The number of hydrogen-bond donors (Lipinski definition) is 2. The average Bonchev–Trinajstić information content (AvgIpc) is 2.29. The van der Waals surface area contributed by atoms with Gasteiger partial charge in [0.2, 0.25) is 5.91 Å². The fraction of sp³-hybridized carbons (Fsp3) is 0.900. The second kappa shape index (κ2) is 11.4. The molecule has 0 spiro atoms. The Morgan fingerprint density at radius 3 is 2.53 bits per heavy atom. The van der Waals surface area contributed by atoms with Crippen molar-refractivity contribution in [3.8, 4) is 0 Å². The normalized spacial score (nSPS) is 17.5. The van der Waals surface area contributed by atoms with Crippen molar-refractivity contribution in [1.82, 2.24) is 10.2 Å². The van der Waals surface area contributed by atoms with E-state index in [2.05, 4.69) is 10.2 Å². The topological polar surface area (TPSA) is 58.4 Å². The second-order valence-corrected chi connectivity index (χ2v) is 5.11. The first-order valence-electron chi connectivity index (χ1n) is 5.52. The number of nitrogens with zero attached hydrogens (tertiary/aromatic N) is 1. The summed E-state index contributed by atoms with van der Waals surface area (Å²) < 4.78 is 0. The van der Waals surface area contributed by atoms with E-state index in [1.54, 1.807) is 0 Å². The molecule has 1 unspecified atom stereocenters. The Morgan fingerprint density at radius 1 is 1.41 bits per heavy atom. The van der Waals surface area contributed by atoms with Crippen molar-refractivity contribution < 1.29 is 4.79 Å². The molecular weight excluding hydrogens is 281 g/mol. The summed E-state index contributed by atoms with van der Waals surface area (Å²) in [5, 5.41) is 2.91. The van der Waals surface area contributed by atoms with Gasteiger partial charge in [-0.1, -0.05) is 6.92 Å². The molecule has 0 aromatic carbocycles. The molecule has 3 N–H and O–H groups in total. The zero-order chi connectivity index (χ0) is 11.1. The lowest BCUT2D eigenvalue weighted by molar-refractivity contribution is -0.124. The number of amides is 1. The smallest absolute Gasteiger partial charge is 0.224 e. The lowest BCUT2D eigenvalue weighted by Crippen LogP contribution is -2.41. The fourth-order valence-corrected chi connectivity index (χ4v) is 2.42. The van der Waals surface area contributed by atoms with Crippen LogP contribution in [0.2, 0.25) is 0 Å². The molecule has 104 valence electrons. The first-order chi connectivity index (χ1) is 7.24. The molecule has 0 aromatic heterocycles. The maximum Gasteiger partial charge on any atom is 0.224 e. The van der Waals surface area contributed by atoms with Crippen LogP contribution in [0.5, 0.6) is 0 Å². The Kier molecular flexibility index (Phi) is 13.2. The highest BCUT2D eigenvalue weighted by Gasteiger charge is 2.12. The number of nitrogens with one attached hydrogen (secondary N) is 1. The van der Waals surface area contributed by atoms with E-state index in [1.807, 2.05) is 18.7 Å². The fourth-order valence-electron chi connectivity index (χ4n) is 1.44. The molecule has 0 saturated carbocycles. The minimum Gasteiger partial charge on any atom is -0.355 e. The summed E-state index contributed by atoms with van der Waals surface area (Å²) in [6.07, 6.45) is 0. The summed E-state index contributed by atoms with van der Waals surface area (Å²) in [6.45, 7) is 6.27. The SMILES string of the molecule is CC(CN)C(=O)NCCN1CCSCC1.Cl.Cl. The van der Waals surface area contributed by atoms with Crippen LogP contribution in [0, 0.1) is 5.92 Å². The van der Waals surface area contributed by atoms with Gasteiger partial charge in [0.1, 0.15) is 0 Å². The minimum absolute atomic E-state index is 0. The molecule has 1 saturated heterocycles. The van der Waals surface area contributed by atoms with Crippen LogP contribution in [0.1, 0.15) is 6.92 Å². The molecule has 17 heavy (non-hydrogen) atoms. The van der Waals surface area contributed by atoms with Gasteiger partial charge in [-0.2, -0.15) is 11.8 Å². The average molecular weight is 304 g/mol. The van der Waals surface area contributed by atoms with E-state index in [4.69, 9.17) is 5.73 Å². The number of halogens is 2. The van der Waals surface area contributed by atoms with Crippen molar-refractivity contribution in [1.29, 1.82) is 0 Å². The largest absolute Gasteiger partial charge is 0.355 e. The van der Waals surface area contributed by atoms with Crippen molar-refractivity contribution in [2.45, 2.75) is 6.92 Å². The van der Waals surface area contributed by atoms with Gasteiger partial charge in [0.15, 0.2) is 0 Å². The highest BCUT2D eigenvalue weighted by Crippen LogP contribution is 2.07. The lowest BCUT2D eigenvalue weighted by atomic mass is 10.2. The second-order valence-electron chi connectivity index (χ2n) is 3.88. The number of carbonyl (C=O) groups excluding carboxylic acids is 1. The van der Waals surface area contributed by atoms with Gasteiger partial charge >= 0.3 is 0 Å². The van der Waals surface area contributed by atoms with Crippen molar-refractivity contribution >= 4 is 42.5 Å². The molecule has 0 bridgehead atoms. The zero-order valence-electron chi connectivity index (χ0n) is 10.2. The van der Waals surface area contributed by atoms with E-state index in [9.17, 15) is 4.79 Å². The third-order valence-electron chi connectivity index (χ3n) is 2.63. The molecule has 1 fully saturated rings. The Hall–Kier alpha value is 0.320. The molecule has 1 amide bonds. The van der Waals surface area contributed by atoms with Crippen molar-refractivity contribution in [2.24, 2.45) is 11.7 Å². The van der Waals surface area contributed by atoms with Gasteiger partial charge in [0.05, 0.1) is 0 Å². The van der Waals surface area contributed by atoms with Crippen LogP contribution < -0.4 is 11.1 Å². The van der Waals surface area contributed by atoms with Gasteiger partial charge < -0.3 is 11.1 Å². The molecule has 1 atom stereocenters. The quantitative estimate of drug-likeness (QED) is 0.780. The van der Waals surface area contributed by atoms with Gasteiger partial charge in [-0.15, -0.1) is 24.8 Å². The minimum atomic E-state index is -0.0677. The van der Waals surface area contributed by atoms with E-state index < -0.39 is 0 Å². The van der Waals surface area contributed by atoms with Crippen LogP contribution in [0.3, 0.4) is 0 Å². The van der Waals surface area contributed by atoms with Gasteiger partial charge in [0, 0.05) is 50.1 Å². The van der Waals surface area contributed by atoms with E-state index in [0.29, 0.717) is 6.54 Å². The molecule has 1 aliphatic heterocycles. The molecule has 0 aliphatic carbocycles. The van der Waals surface area contributed by atoms with Crippen molar-refractivity contribution in [3.05, 3.63) is 0 Å². The molecule has 1 rings (SSSR count). The van der Waals surface area contributed by atoms with E-state index in [-0.39, 0.29) is 36.6 Å². The Bertz CT molecular complexity index is 204. The number of nitrogens with two attached hydrogens (primary N) is 1. The van der Waals surface area contributed by atoms with E-state index >= 15 is 0 Å². The maximum atomic E-state index is 11.4. The number of thioether (sulfide) groups is 1. The molecule has 1 aliphatic rings. The Morgan fingerprint density at radius 2 is 2.00 bits per heavy atom. The van der Waals surface area contributed by atoms with Gasteiger partial charge in [0.25, 0.3) is 0 Å². The predicted molar refractivity (Wildman–Crippen MR) is 79.5 cm³/mol. The molecule has 4 nitrogen and oxygen atoms in total. The predicted octanol–water partition coefficient (Wildman–Crippen LogP) is 0.590. The summed E-state index contributed by atoms with van der Waals surface area (Å²) in [5.41, 5.74) is 5.41. The maximum absolute atomic E-state index is 11.4. The van der Waals surface area contributed by atoms with Gasteiger partial charge in [-0.25, -0.2) is 0 Å². The molecule has 0 radical (unpaired) electrons. The Balaban J connectivity index is 0. The number of rotatable bonds is 5. The molecule has 0 aromatic rings. The lowest BCUT2D eigenvalue weighted by Gasteiger charge is -2.26. The third-order valence-corrected chi connectivity index (χ3v) is 3.57. The molecule has 7 heteroatoms. The third kappa shape index (κ3) is 8.11. The van der Waals surface area contributed by atoms with Crippen molar-refractivity contribution in [2.75, 3.05) is 44.2 Å². The molecule has 1 heterocycles. The summed E-state index contributed by atoms with van der Waals surface area (Å²) in [5.74, 6) is 2.44. The number of hydrogen-bond acceptors (Lipinski definition) is 4. The van der Waals surface area contributed by atoms with Crippen molar-refractivity contribution in [3.63, 3.8) is 0 Å². The highest BCUT2D eigenvalue weighted by atomic mass is 35.5. The first kappa shape index (κ1) is 19.7. The van der Waals surface area contributed by atoms with Crippen LogP contribution in [-0.4, -0.2) is 55.0 Å². The highest BCUT2D eigenvalue weighted by molar-refractivity contribution is 7.99. The monoisotopic (exact) mass is 303 g/mol. The standard InChI is InChI=1S/C10H21N3OS.2ClH/c1-9(8-11)10(14)12-2-3-13-4-6-15-7-5-13;;/h9H,2-8,11H2,1H3,(H,12,14);2*1H. The van der Waals surface area contributed by atoms with Crippen LogP contribution >= 0.6 is 36.6 Å². The Labute approximate surface area is 120 Å². The van der Waals surface area contributed by atoms with Crippen LogP contribution in [0.25, 0.3) is 0 Å². The van der Waals surface area contributed by atoms with E-state index in [1.165, 1.54) is 11.5 Å². The van der Waals surface area contributed by atoms with Crippen LogP contribution in [0.4, 0.5) is 0 Å². The zero-order valence-corrected chi connectivity index (χ0v) is 12.6. The summed E-state index contributed by atoms with van der Waals surface area (Å²) in [6, 6.07) is 0. The summed E-state index contributed by atoms with van der Waals surface area (Å²) in [4.78, 5) is 13.8. The van der Waals surface area contributed by atoms with Crippen LogP contribution in [0.15, 0.2) is 0 Å². The van der Waals surface area contributed by atoms with Crippen LogP contribution in [-0.2, 0) is 4.79 Å². The summed E-state index contributed by atoms with van der Waals surface area (Å²) in [7, 11) is 0. The van der Waals surface area contributed by atoms with Gasteiger partial charge in [-0.05, 0) is 0 Å². The summed E-state index contributed by atoms with van der Waals surface area (Å²) >= 11 is 2.00. The first-order valence-corrected chi connectivity index (χ1v) is 6.67. The van der Waals surface area contributed by atoms with E-state index in [0.717, 1.165) is 26.2 Å². The number of carbonyl (C=O) groups is 1.